The first kappa shape index (κ1) is 55.9. The lowest BCUT2D eigenvalue weighted by molar-refractivity contribution is -0.262. The van der Waals surface area contributed by atoms with E-state index in [0.29, 0.717) is 31.7 Å². The number of pyridine rings is 2. The maximum atomic E-state index is 14.9. The number of halogens is 5. The van der Waals surface area contributed by atoms with Gasteiger partial charge in [0.2, 0.25) is 29.4 Å². The number of nitrogens with two attached hydrogens (primary N) is 1. The van der Waals surface area contributed by atoms with Crippen LogP contribution in [0.25, 0.3) is 0 Å². The standard InChI is InChI=1S/C49H61F5N8O11/c1-48(49(52,53)54)27-35(33-10-11-36(50)40(51)42(33)69-3)43(73-48)47(68)62(32-12-15-57-37(25-32)44(55)65)18-16-58-45(66)29-6-8-31(9-7-29)60-38(63)13-19-70-21-23-72-24-22-71-20-17-59-46(67)34-26-39(64)61(2)41(34)30-5-4-14-56-28-30/h4-5,10-12,14-15,25,28-29,31,34-35,41,43H,6-9,13,16-24,26-27H2,1-3H3,(H2,55,65)(H,58,66)(H,59,67)(H,60,63)/t29?,31?,34-,35-,41+,43+,48+/m0/s1. The molecule has 4 heterocycles. The van der Waals surface area contributed by atoms with Crippen LogP contribution in [0.2, 0.25) is 0 Å². The van der Waals surface area contributed by atoms with Crippen LogP contribution in [0.3, 0.4) is 0 Å². The van der Waals surface area contributed by atoms with E-state index in [-0.39, 0.29) is 125 Å². The van der Waals surface area contributed by atoms with Gasteiger partial charge in [-0.25, -0.2) is 4.39 Å². The van der Waals surface area contributed by atoms with Crippen LogP contribution in [-0.4, -0.2) is 148 Å². The van der Waals surface area contributed by atoms with Crippen molar-refractivity contribution in [1.82, 2.24) is 30.8 Å². The van der Waals surface area contributed by atoms with Gasteiger partial charge in [0, 0.05) is 87.2 Å². The Labute approximate surface area is 418 Å². The Morgan fingerprint density at radius 3 is 2.26 bits per heavy atom. The molecule has 5 N–H and O–H groups in total. The molecule has 2 aromatic heterocycles. The third-order valence-corrected chi connectivity index (χ3v) is 13.3. The van der Waals surface area contributed by atoms with E-state index >= 15 is 0 Å². The molecule has 0 bridgehead atoms. The molecule has 398 valence electrons. The highest BCUT2D eigenvalue weighted by atomic mass is 19.4. The van der Waals surface area contributed by atoms with E-state index in [1.54, 1.807) is 30.4 Å². The van der Waals surface area contributed by atoms with Gasteiger partial charge in [0.25, 0.3) is 11.8 Å². The highest BCUT2D eigenvalue weighted by Gasteiger charge is 2.62. The maximum absolute atomic E-state index is 14.9. The number of rotatable bonds is 24. The van der Waals surface area contributed by atoms with Crippen LogP contribution < -0.4 is 31.3 Å². The van der Waals surface area contributed by atoms with Crippen LogP contribution >= 0.6 is 0 Å². The summed E-state index contributed by atoms with van der Waals surface area (Å²) >= 11 is 0. The van der Waals surface area contributed by atoms with Gasteiger partial charge in [-0.15, -0.1) is 0 Å². The third-order valence-electron chi connectivity index (χ3n) is 13.3. The highest BCUT2D eigenvalue weighted by Crippen LogP contribution is 2.52. The van der Waals surface area contributed by atoms with Crippen LogP contribution in [0.5, 0.6) is 5.75 Å². The Balaban J connectivity index is 0.884. The summed E-state index contributed by atoms with van der Waals surface area (Å²) in [6.45, 7) is 1.99. The summed E-state index contributed by atoms with van der Waals surface area (Å²) in [5.41, 5.74) is 2.80. The van der Waals surface area contributed by atoms with Crippen LogP contribution in [0.4, 0.5) is 27.6 Å². The Morgan fingerprint density at radius 1 is 0.918 bits per heavy atom. The lowest BCUT2D eigenvalue weighted by Crippen LogP contribution is -2.48. The quantitative estimate of drug-likeness (QED) is 0.0741. The average molecular weight is 1030 g/mol. The van der Waals surface area contributed by atoms with Gasteiger partial charge in [-0.05, 0) is 68.9 Å². The minimum atomic E-state index is -5.00. The van der Waals surface area contributed by atoms with Crippen molar-refractivity contribution in [3.05, 3.63) is 83.4 Å². The number of benzene rings is 1. The van der Waals surface area contributed by atoms with Crippen molar-refractivity contribution in [2.45, 2.75) is 87.8 Å². The Kier molecular flexibility index (Phi) is 19.6. The molecule has 19 nitrogen and oxygen atoms in total. The number of hydrogen-bond donors (Lipinski definition) is 4. The third kappa shape index (κ3) is 14.2. The molecule has 3 aliphatic rings. The van der Waals surface area contributed by atoms with Crippen LogP contribution in [0.15, 0.2) is 55.0 Å². The van der Waals surface area contributed by atoms with E-state index in [1.165, 1.54) is 6.07 Å². The monoisotopic (exact) mass is 1030 g/mol. The van der Waals surface area contributed by atoms with Crippen molar-refractivity contribution >= 4 is 41.1 Å². The summed E-state index contributed by atoms with van der Waals surface area (Å²) in [5.74, 6) is -8.87. The summed E-state index contributed by atoms with van der Waals surface area (Å²) in [6, 6.07) is 7.24. The molecular formula is C49H61F5N8O11. The number of primary amides is 1. The van der Waals surface area contributed by atoms with Crippen LogP contribution in [0.1, 0.15) is 85.4 Å². The predicted molar refractivity (Wildman–Crippen MR) is 250 cm³/mol. The first-order valence-electron chi connectivity index (χ1n) is 23.9. The average Bonchev–Trinajstić information content (AvgIpc) is 3.89. The fourth-order valence-electron chi connectivity index (χ4n) is 9.33. The van der Waals surface area contributed by atoms with Crippen LogP contribution in [-0.2, 0) is 42.9 Å². The number of anilines is 1. The molecule has 1 aliphatic carbocycles. The summed E-state index contributed by atoms with van der Waals surface area (Å²) in [4.78, 5) is 88.3. The van der Waals surface area contributed by atoms with E-state index < -0.39 is 71.3 Å². The molecule has 6 rings (SSSR count). The van der Waals surface area contributed by atoms with Gasteiger partial charge in [0.1, 0.15) is 11.8 Å². The smallest absolute Gasteiger partial charge is 0.417 e. The minimum Gasteiger partial charge on any atom is -0.493 e. The van der Waals surface area contributed by atoms with Crippen molar-refractivity contribution in [2.24, 2.45) is 17.6 Å². The largest absolute Gasteiger partial charge is 0.493 e. The number of nitrogens with one attached hydrogen (secondary N) is 3. The molecule has 73 heavy (non-hydrogen) atoms. The van der Waals surface area contributed by atoms with Crippen molar-refractivity contribution in [1.29, 1.82) is 0 Å². The summed E-state index contributed by atoms with van der Waals surface area (Å²) in [5, 5.41) is 8.58. The predicted octanol–water partition coefficient (Wildman–Crippen LogP) is 3.66. The number of likely N-dealkylation sites (tertiary alicyclic amines) is 1. The topological polar surface area (TPSA) is 243 Å². The number of aromatic nitrogens is 2. The van der Waals surface area contributed by atoms with E-state index in [4.69, 9.17) is 29.4 Å². The molecule has 6 amide bonds. The molecule has 2 saturated heterocycles. The number of methoxy groups -OCH3 is 1. The number of hydrogen-bond acceptors (Lipinski definition) is 13. The van der Waals surface area contributed by atoms with E-state index in [1.807, 2.05) is 6.07 Å². The summed E-state index contributed by atoms with van der Waals surface area (Å²) in [6.07, 6.45) is -1.26. The number of carbonyl (C=O) groups is 6. The Bertz CT molecular complexity index is 2410. The number of ether oxygens (including phenoxy) is 5. The fourth-order valence-corrected chi connectivity index (χ4v) is 9.33. The van der Waals surface area contributed by atoms with Crippen LogP contribution in [0, 0.1) is 23.5 Å². The molecule has 3 aromatic rings. The van der Waals surface area contributed by atoms with Gasteiger partial charge in [-0.1, -0.05) is 12.1 Å². The lowest BCUT2D eigenvalue weighted by atomic mass is 9.85. The van der Waals surface area contributed by atoms with E-state index in [0.717, 1.165) is 42.8 Å². The summed E-state index contributed by atoms with van der Waals surface area (Å²) in [7, 11) is 2.68. The minimum absolute atomic E-state index is 0.0120. The highest BCUT2D eigenvalue weighted by molar-refractivity contribution is 5.99. The molecular weight excluding hydrogens is 972 g/mol. The normalized spacial score (nSPS) is 23.0. The SMILES string of the molecule is COc1c([C@@H]2C[C@](C)(C(F)(F)F)O[C@H]2C(=O)N(CCNC(=O)C2CCC(NC(=O)CCOCCOCCOCCNC(=O)[C@H]3CC(=O)N(C)[C@@H]3c3cccnc3)CC2)c2ccnc(C(N)=O)c2)ccc(F)c1F. The van der Waals surface area contributed by atoms with Crippen molar-refractivity contribution in [3.63, 3.8) is 0 Å². The van der Waals surface area contributed by atoms with Gasteiger partial charge >= 0.3 is 6.18 Å². The molecule has 0 unspecified atom stereocenters. The zero-order valence-electron chi connectivity index (χ0n) is 40.7. The second-order valence-electron chi connectivity index (χ2n) is 18.1. The Hall–Kier alpha value is -6.37. The molecule has 0 spiro atoms. The first-order valence-corrected chi connectivity index (χ1v) is 23.9. The number of nitrogens with zero attached hydrogens (tertiary/aromatic N) is 4. The van der Waals surface area contributed by atoms with Crippen molar-refractivity contribution in [3.8, 4) is 5.75 Å². The van der Waals surface area contributed by atoms with E-state index in [9.17, 15) is 50.7 Å². The zero-order valence-corrected chi connectivity index (χ0v) is 40.7. The fraction of sp³-hybridized carbons (Fsp3) is 0.551. The molecule has 1 aromatic carbocycles. The molecule has 1 saturated carbocycles. The second kappa shape index (κ2) is 25.5. The van der Waals surface area contributed by atoms with Crippen molar-refractivity contribution < 1.29 is 74.4 Å². The summed E-state index contributed by atoms with van der Waals surface area (Å²) < 4.78 is 99.7. The van der Waals surface area contributed by atoms with Gasteiger partial charge in [-0.3, -0.25) is 38.7 Å². The van der Waals surface area contributed by atoms with Gasteiger partial charge in [-0.2, -0.15) is 17.6 Å². The zero-order chi connectivity index (χ0) is 52.9. The van der Waals surface area contributed by atoms with E-state index in [2.05, 4.69) is 25.9 Å². The van der Waals surface area contributed by atoms with Gasteiger partial charge in [0.05, 0.1) is 58.7 Å². The number of amides is 6. The molecule has 3 fully saturated rings. The second-order valence-corrected chi connectivity index (χ2v) is 18.1. The molecule has 0 radical (unpaired) electrons. The van der Waals surface area contributed by atoms with Gasteiger partial charge in [0.15, 0.2) is 17.2 Å². The first-order chi connectivity index (χ1) is 34.8. The maximum Gasteiger partial charge on any atom is 0.417 e. The molecule has 2 aliphatic heterocycles. The lowest BCUT2D eigenvalue weighted by Gasteiger charge is -2.31. The molecule has 5 atom stereocenters. The Morgan fingerprint density at radius 2 is 1.60 bits per heavy atom. The number of carbonyl (C=O) groups excluding carboxylic acids is 6. The van der Waals surface area contributed by atoms with Gasteiger partial charge < -0.3 is 55.2 Å². The van der Waals surface area contributed by atoms with Crippen molar-refractivity contribution in [2.75, 3.05) is 78.3 Å². The number of alkyl halides is 3. The molecule has 24 heteroatoms.